The van der Waals surface area contributed by atoms with E-state index in [4.69, 9.17) is 4.74 Å². The van der Waals surface area contributed by atoms with Gasteiger partial charge >= 0.3 is 16.1 Å². The molecule has 0 aromatic heterocycles. The predicted molar refractivity (Wildman–Crippen MR) is 68.1 cm³/mol. The van der Waals surface area contributed by atoms with E-state index in [0.717, 1.165) is 0 Å². The molecule has 0 aliphatic carbocycles. The van der Waals surface area contributed by atoms with Crippen LogP contribution >= 0.6 is 0 Å². The van der Waals surface area contributed by atoms with Gasteiger partial charge in [-0.05, 0) is 6.92 Å². The largest absolute Gasteiger partial charge is 0.409 e. The Balaban J connectivity index is 5.12. The van der Waals surface area contributed by atoms with Crippen molar-refractivity contribution in [2.45, 2.75) is 38.8 Å². The Hall–Kier alpha value is -0.920. The third kappa shape index (κ3) is 4.08. The van der Waals surface area contributed by atoms with E-state index < -0.39 is 27.7 Å². The van der Waals surface area contributed by atoms with Crippen molar-refractivity contribution in [1.82, 2.24) is 0 Å². The highest BCUT2D eigenvalue weighted by Gasteiger charge is 2.42. The number of carbonyl (C=O) groups is 1. The van der Waals surface area contributed by atoms with Crippen molar-refractivity contribution in [1.29, 1.82) is 0 Å². The summed E-state index contributed by atoms with van der Waals surface area (Å²) in [6, 6.07) is 0. The Morgan fingerprint density at radius 2 is 1.89 bits per heavy atom. The molecule has 0 fully saturated rings. The maximum Gasteiger partial charge on any atom is 0.337 e. The van der Waals surface area contributed by atoms with Crippen LogP contribution in [-0.4, -0.2) is 49.1 Å². The molecular weight excluding hydrogens is 258 g/mol. The van der Waals surface area contributed by atoms with Gasteiger partial charge in [-0.1, -0.05) is 13.5 Å². The third-order valence-corrected chi connectivity index (χ3v) is 4.56. The van der Waals surface area contributed by atoms with Gasteiger partial charge in [0.25, 0.3) is 0 Å². The van der Waals surface area contributed by atoms with E-state index in [1.807, 2.05) is 0 Å². The summed E-state index contributed by atoms with van der Waals surface area (Å²) in [5, 5.41) is -1.05. The smallest absolute Gasteiger partial charge is 0.337 e. The second-order valence-electron chi connectivity index (χ2n) is 4.79. The zero-order chi connectivity index (χ0) is 14.7. The average Bonchev–Trinajstić information content (AvgIpc) is 2.15. The van der Waals surface area contributed by atoms with E-state index in [9.17, 15) is 17.8 Å². The molecule has 0 aliphatic rings. The van der Waals surface area contributed by atoms with Crippen molar-refractivity contribution in [3.05, 3.63) is 12.2 Å². The highest BCUT2D eigenvalue weighted by molar-refractivity contribution is 7.86. The van der Waals surface area contributed by atoms with E-state index in [2.05, 4.69) is 6.58 Å². The lowest BCUT2D eigenvalue weighted by atomic mass is 10.3. The van der Waals surface area contributed by atoms with Crippen LogP contribution in [-0.2, 0) is 19.6 Å². The summed E-state index contributed by atoms with van der Waals surface area (Å²) in [4.78, 5) is 11.4. The molecule has 2 atom stereocenters. The summed E-state index contributed by atoms with van der Waals surface area (Å²) in [5.74, 6) is -0.584. The van der Waals surface area contributed by atoms with Crippen molar-refractivity contribution >= 4 is 16.1 Å². The van der Waals surface area contributed by atoms with Crippen LogP contribution in [0.5, 0.6) is 0 Å². The molecule has 0 heterocycles. The fourth-order valence-corrected chi connectivity index (χ4v) is 2.93. The minimum atomic E-state index is -4.22. The van der Waals surface area contributed by atoms with Gasteiger partial charge < -0.3 is 4.74 Å². The Kier molecular flexibility index (Phi) is 5.52. The molecule has 0 aliphatic heterocycles. The van der Waals surface area contributed by atoms with Crippen LogP contribution in [0, 0.1) is 0 Å². The first-order chi connectivity index (χ1) is 7.94. The summed E-state index contributed by atoms with van der Waals surface area (Å²) < 4.78 is 36.8. The fourth-order valence-electron chi connectivity index (χ4n) is 1.65. The number of quaternary nitrogens is 1. The van der Waals surface area contributed by atoms with Crippen molar-refractivity contribution in [3.63, 3.8) is 0 Å². The zero-order valence-corrected chi connectivity index (χ0v) is 12.3. The minimum absolute atomic E-state index is 0.172. The molecule has 18 heavy (non-hydrogen) atoms. The van der Waals surface area contributed by atoms with Crippen LogP contribution in [0.15, 0.2) is 12.2 Å². The maximum absolute atomic E-state index is 11.4. The van der Waals surface area contributed by atoms with Gasteiger partial charge in [-0.3, -0.25) is 9.04 Å². The molecule has 7 heteroatoms. The van der Waals surface area contributed by atoms with E-state index in [-0.39, 0.29) is 16.5 Å². The fraction of sp³-hybridized carbons (Fsp3) is 0.727. The maximum atomic E-state index is 11.4. The number of carbonyl (C=O) groups excluding carboxylic acids is 1. The first-order valence-corrected chi connectivity index (χ1v) is 7.11. The molecule has 0 bridgehead atoms. The lowest BCUT2D eigenvalue weighted by Crippen LogP contribution is -2.58. The van der Waals surface area contributed by atoms with Crippen LogP contribution < -0.4 is 0 Å². The molecule has 0 rings (SSSR count). The highest BCUT2D eigenvalue weighted by atomic mass is 32.2. The van der Waals surface area contributed by atoms with E-state index in [1.54, 1.807) is 27.9 Å². The van der Waals surface area contributed by atoms with Gasteiger partial charge in [-0.2, -0.15) is 8.42 Å². The standard InChI is InChI=1S/C11H21NO5S/c1-7-10(18(14,15)16)12(5,6)9(4)17-11(13)8(2)3/h9-10H,2,7H2,1,3-6H3/p+1. The molecule has 1 N–H and O–H groups in total. The molecule has 6 nitrogen and oxygen atoms in total. The Labute approximate surface area is 109 Å². The molecule has 0 saturated heterocycles. The van der Waals surface area contributed by atoms with Gasteiger partial charge in [0.1, 0.15) is 0 Å². The number of hydrogen-bond donors (Lipinski definition) is 1. The van der Waals surface area contributed by atoms with Crippen LogP contribution in [0.4, 0.5) is 0 Å². The van der Waals surface area contributed by atoms with E-state index >= 15 is 0 Å². The summed E-state index contributed by atoms with van der Waals surface area (Å²) >= 11 is 0. The van der Waals surface area contributed by atoms with E-state index in [0.29, 0.717) is 0 Å². The molecule has 0 saturated carbocycles. The van der Waals surface area contributed by atoms with Gasteiger partial charge in [0, 0.05) is 18.9 Å². The van der Waals surface area contributed by atoms with Crippen molar-refractivity contribution in [2.75, 3.05) is 14.1 Å². The van der Waals surface area contributed by atoms with Crippen molar-refractivity contribution < 1.29 is 27.0 Å². The summed E-state index contributed by atoms with van der Waals surface area (Å²) in [5.41, 5.74) is 0.238. The number of hydrogen-bond acceptors (Lipinski definition) is 4. The normalized spacial score (nSPS) is 15.9. The first kappa shape index (κ1) is 17.1. The van der Waals surface area contributed by atoms with Crippen LogP contribution in [0.25, 0.3) is 0 Å². The first-order valence-electron chi connectivity index (χ1n) is 5.60. The molecule has 0 spiro atoms. The van der Waals surface area contributed by atoms with Crippen molar-refractivity contribution in [3.8, 4) is 0 Å². The SMILES string of the molecule is C=C(C)C(=O)OC(C)[N+](C)(C)C(CC)S(=O)(=O)O. The Bertz CT molecular complexity index is 427. The Morgan fingerprint density at radius 3 is 2.17 bits per heavy atom. The molecule has 0 aromatic rings. The van der Waals surface area contributed by atoms with Crippen LogP contribution in [0.3, 0.4) is 0 Å². The molecule has 2 unspecified atom stereocenters. The molecule has 0 radical (unpaired) electrons. The Morgan fingerprint density at radius 1 is 1.44 bits per heavy atom. The zero-order valence-electron chi connectivity index (χ0n) is 11.5. The highest BCUT2D eigenvalue weighted by Crippen LogP contribution is 2.21. The summed E-state index contributed by atoms with van der Waals surface area (Å²) in [6.45, 7) is 8.19. The molecule has 0 aromatic carbocycles. The second-order valence-corrected chi connectivity index (χ2v) is 6.37. The number of ether oxygens (including phenoxy) is 1. The third-order valence-electron chi connectivity index (χ3n) is 3.00. The summed E-state index contributed by atoms with van der Waals surface area (Å²) in [6.07, 6.45) is -0.512. The lowest BCUT2D eigenvalue weighted by Gasteiger charge is -2.39. The second kappa shape index (κ2) is 5.81. The molecule has 0 amide bonds. The quantitative estimate of drug-likeness (QED) is 0.259. The van der Waals surface area contributed by atoms with Gasteiger partial charge in [-0.15, -0.1) is 0 Å². The van der Waals surface area contributed by atoms with Gasteiger partial charge in [0.05, 0.1) is 14.1 Å². The predicted octanol–water partition coefficient (Wildman–Crippen LogP) is 1.15. The van der Waals surface area contributed by atoms with Crippen LogP contribution in [0.2, 0.25) is 0 Å². The average molecular weight is 280 g/mol. The number of rotatable bonds is 6. The summed E-state index contributed by atoms with van der Waals surface area (Å²) in [7, 11) is -1.05. The van der Waals surface area contributed by atoms with E-state index in [1.165, 1.54) is 6.92 Å². The number of esters is 1. The topological polar surface area (TPSA) is 80.7 Å². The van der Waals surface area contributed by atoms with Gasteiger partial charge in [0.2, 0.25) is 11.6 Å². The van der Waals surface area contributed by atoms with Crippen molar-refractivity contribution in [2.24, 2.45) is 0 Å². The monoisotopic (exact) mass is 280 g/mol. The van der Waals surface area contributed by atoms with Gasteiger partial charge in [-0.25, -0.2) is 4.79 Å². The molecule has 106 valence electrons. The van der Waals surface area contributed by atoms with Gasteiger partial charge in [0.15, 0.2) is 0 Å². The minimum Gasteiger partial charge on any atom is -0.409 e. The number of nitrogens with zero attached hydrogens (tertiary/aromatic N) is 1. The molecular formula is C11H22NO5S+. The lowest BCUT2D eigenvalue weighted by molar-refractivity contribution is -0.943. The van der Waals surface area contributed by atoms with Crippen LogP contribution in [0.1, 0.15) is 27.2 Å².